The molecule has 0 fully saturated rings. The first-order valence-electron chi connectivity index (χ1n) is 2.67. The van der Waals surface area contributed by atoms with E-state index in [2.05, 4.69) is 31.9 Å². The molecule has 0 saturated carbocycles. The van der Waals surface area contributed by atoms with Crippen molar-refractivity contribution in [1.82, 2.24) is 0 Å². The molecule has 1 rings (SSSR count). The van der Waals surface area contributed by atoms with E-state index in [1.165, 1.54) is 0 Å². The Kier molecular flexibility index (Phi) is 2.39. The SMILES string of the molecule is O=C1C=C(Br)C(=O)C(Br)C1=O. The zero-order valence-corrected chi connectivity index (χ0v) is 8.31. The van der Waals surface area contributed by atoms with Crippen LogP contribution in [0.4, 0.5) is 0 Å². The summed E-state index contributed by atoms with van der Waals surface area (Å²) in [6.07, 6.45) is 0.989. The minimum atomic E-state index is -1.01. The minimum Gasteiger partial charge on any atom is -0.292 e. The van der Waals surface area contributed by atoms with Crippen LogP contribution in [-0.4, -0.2) is 22.2 Å². The maximum Gasteiger partial charge on any atom is 0.224 e. The number of allylic oxidation sites excluding steroid dienone is 2. The van der Waals surface area contributed by atoms with Crippen molar-refractivity contribution < 1.29 is 14.4 Å². The minimum absolute atomic E-state index is 0.143. The van der Waals surface area contributed by atoms with Crippen molar-refractivity contribution in [2.75, 3.05) is 0 Å². The van der Waals surface area contributed by atoms with Gasteiger partial charge in [0.15, 0.2) is 5.78 Å². The number of halogens is 2. The summed E-state index contributed by atoms with van der Waals surface area (Å²) >= 11 is 5.68. The average molecular weight is 282 g/mol. The van der Waals surface area contributed by atoms with Crippen LogP contribution in [0.2, 0.25) is 0 Å². The fraction of sp³-hybridized carbons (Fsp3) is 0.167. The fourth-order valence-corrected chi connectivity index (χ4v) is 1.84. The molecule has 0 aliphatic heterocycles. The van der Waals surface area contributed by atoms with Crippen LogP contribution in [-0.2, 0) is 14.4 Å². The molecule has 1 aliphatic carbocycles. The first-order valence-corrected chi connectivity index (χ1v) is 4.38. The third-order valence-corrected chi connectivity index (χ3v) is 2.65. The van der Waals surface area contributed by atoms with E-state index in [9.17, 15) is 14.4 Å². The van der Waals surface area contributed by atoms with Crippen LogP contribution in [0.5, 0.6) is 0 Å². The van der Waals surface area contributed by atoms with Gasteiger partial charge in [-0.05, 0) is 15.9 Å². The summed E-state index contributed by atoms with van der Waals surface area (Å²) in [4.78, 5) is 31.5. The molecule has 0 heterocycles. The molecule has 0 bridgehead atoms. The summed E-state index contributed by atoms with van der Waals surface area (Å²) in [6.45, 7) is 0. The first kappa shape index (κ1) is 8.80. The monoisotopic (exact) mass is 280 g/mol. The van der Waals surface area contributed by atoms with Gasteiger partial charge in [0.2, 0.25) is 11.6 Å². The second-order valence-corrected chi connectivity index (χ2v) is 3.72. The number of alkyl halides is 1. The highest BCUT2D eigenvalue weighted by molar-refractivity contribution is 9.12. The Morgan fingerprint density at radius 2 is 1.73 bits per heavy atom. The predicted molar refractivity (Wildman–Crippen MR) is 44.7 cm³/mol. The van der Waals surface area contributed by atoms with Gasteiger partial charge in [0.1, 0.15) is 4.83 Å². The van der Waals surface area contributed by atoms with Crippen LogP contribution < -0.4 is 0 Å². The Balaban J connectivity index is 3.11. The molecule has 0 aromatic heterocycles. The van der Waals surface area contributed by atoms with Crippen LogP contribution in [0, 0.1) is 0 Å². The van der Waals surface area contributed by atoms with E-state index in [0.29, 0.717) is 0 Å². The lowest BCUT2D eigenvalue weighted by Crippen LogP contribution is -2.34. The average Bonchev–Trinajstić information content (AvgIpc) is 1.97. The topological polar surface area (TPSA) is 51.2 Å². The van der Waals surface area contributed by atoms with Gasteiger partial charge >= 0.3 is 0 Å². The highest BCUT2D eigenvalue weighted by Gasteiger charge is 2.34. The van der Waals surface area contributed by atoms with E-state index < -0.39 is 22.2 Å². The molecule has 0 aromatic carbocycles. The van der Waals surface area contributed by atoms with Gasteiger partial charge in [0.05, 0.1) is 4.48 Å². The van der Waals surface area contributed by atoms with Crippen LogP contribution in [0.25, 0.3) is 0 Å². The molecule has 0 spiro atoms. The van der Waals surface area contributed by atoms with Crippen molar-refractivity contribution in [3.8, 4) is 0 Å². The van der Waals surface area contributed by atoms with Crippen molar-refractivity contribution in [3.05, 3.63) is 10.6 Å². The second kappa shape index (κ2) is 2.98. The first-order chi connectivity index (χ1) is 5.04. The predicted octanol–water partition coefficient (Wildman–Crippen LogP) is 0.750. The Morgan fingerprint density at radius 1 is 1.18 bits per heavy atom. The van der Waals surface area contributed by atoms with E-state index in [1.54, 1.807) is 0 Å². The molecule has 1 aliphatic rings. The van der Waals surface area contributed by atoms with Gasteiger partial charge < -0.3 is 0 Å². The molecule has 0 aromatic rings. The van der Waals surface area contributed by atoms with Gasteiger partial charge in [-0.2, -0.15) is 0 Å². The zero-order chi connectivity index (χ0) is 8.59. The van der Waals surface area contributed by atoms with Gasteiger partial charge in [0.25, 0.3) is 0 Å². The maximum absolute atomic E-state index is 10.9. The van der Waals surface area contributed by atoms with Crippen molar-refractivity contribution in [2.45, 2.75) is 4.83 Å². The summed E-state index contributed by atoms with van der Waals surface area (Å²) < 4.78 is 0.143. The third-order valence-electron chi connectivity index (χ3n) is 1.20. The Hall–Kier alpha value is -0.290. The summed E-state index contributed by atoms with van der Waals surface area (Å²) in [5.74, 6) is -1.77. The molecular formula is C6H2Br2O3. The largest absolute Gasteiger partial charge is 0.292 e. The molecule has 5 heteroatoms. The lowest BCUT2D eigenvalue weighted by Gasteiger charge is -2.09. The molecule has 0 N–H and O–H groups in total. The molecule has 3 nitrogen and oxygen atoms in total. The Bertz CT molecular complexity index is 280. The van der Waals surface area contributed by atoms with Gasteiger partial charge in [-0.1, -0.05) is 15.9 Å². The molecule has 11 heavy (non-hydrogen) atoms. The smallest absolute Gasteiger partial charge is 0.224 e. The molecule has 1 atom stereocenters. The van der Waals surface area contributed by atoms with Crippen molar-refractivity contribution in [3.63, 3.8) is 0 Å². The van der Waals surface area contributed by atoms with E-state index in [4.69, 9.17) is 0 Å². The summed E-state index contributed by atoms with van der Waals surface area (Å²) in [6, 6.07) is 0. The van der Waals surface area contributed by atoms with E-state index in [-0.39, 0.29) is 4.48 Å². The second-order valence-electron chi connectivity index (χ2n) is 1.95. The van der Waals surface area contributed by atoms with E-state index >= 15 is 0 Å². The number of ketones is 3. The number of Topliss-reactive ketones (excluding diaryl/α,β-unsaturated/α-hetero) is 2. The molecular weight excluding hydrogens is 280 g/mol. The van der Waals surface area contributed by atoms with Crippen molar-refractivity contribution in [1.29, 1.82) is 0 Å². The summed E-state index contributed by atoms with van der Waals surface area (Å²) in [7, 11) is 0. The van der Waals surface area contributed by atoms with E-state index in [1.807, 2.05) is 0 Å². The van der Waals surface area contributed by atoms with Crippen molar-refractivity contribution in [2.24, 2.45) is 0 Å². The standard InChI is InChI=1S/C6H2Br2O3/c7-2-1-3(9)6(11)4(8)5(2)10/h1,4H. The van der Waals surface area contributed by atoms with Gasteiger partial charge in [-0.15, -0.1) is 0 Å². The van der Waals surface area contributed by atoms with Crippen molar-refractivity contribution >= 4 is 49.2 Å². The van der Waals surface area contributed by atoms with Crippen LogP contribution in [0.3, 0.4) is 0 Å². The molecule has 1 unspecified atom stereocenters. The maximum atomic E-state index is 10.9. The molecule has 0 saturated heterocycles. The van der Waals surface area contributed by atoms with E-state index in [0.717, 1.165) is 6.08 Å². The Labute approximate surface area is 79.1 Å². The van der Waals surface area contributed by atoms with Gasteiger partial charge in [-0.3, -0.25) is 14.4 Å². The summed E-state index contributed by atoms with van der Waals surface area (Å²) in [5.41, 5.74) is 0. The number of carbonyl (C=O) groups excluding carboxylic acids is 3. The highest BCUT2D eigenvalue weighted by atomic mass is 79.9. The highest BCUT2D eigenvalue weighted by Crippen LogP contribution is 2.20. The lowest BCUT2D eigenvalue weighted by molar-refractivity contribution is -0.136. The lowest BCUT2D eigenvalue weighted by atomic mass is 10.0. The van der Waals surface area contributed by atoms with Gasteiger partial charge in [0, 0.05) is 6.08 Å². The zero-order valence-electron chi connectivity index (χ0n) is 5.14. The third kappa shape index (κ3) is 1.49. The number of rotatable bonds is 0. The molecule has 58 valence electrons. The van der Waals surface area contributed by atoms with Crippen LogP contribution in [0.15, 0.2) is 10.6 Å². The van der Waals surface area contributed by atoms with Gasteiger partial charge in [-0.25, -0.2) is 0 Å². The quantitative estimate of drug-likeness (QED) is 0.374. The fourth-order valence-electron chi connectivity index (χ4n) is 0.622. The number of hydrogen-bond donors (Lipinski definition) is 0. The number of hydrogen-bond acceptors (Lipinski definition) is 3. The normalized spacial score (nSPS) is 25.5. The Morgan fingerprint density at radius 3 is 2.27 bits per heavy atom. The van der Waals surface area contributed by atoms with Crippen LogP contribution >= 0.6 is 31.9 Å². The molecule has 0 radical (unpaired) electrons. The number of carbonyl (C=O) groups is 3. The molecule has 0 amide bonds. The van der Waals surface area contributed by atoms with Crippen LogP contribution in [0.1, 0.15) is 0 Å². The summed E-state index contributed by atoms with van der Waals surface area (Å²) in [5, 5.41) is 0.